The Labute approximate surface area is 131 Å². The summed E-state index contributed by atoms with van der Waals surface area (Å²) in [6.07, 6.45) is 2.64. The van der Waals surface area contributed by atoms with Crippen LogP contribution in [0.4, 0.5) is 9.18 Å². The molecule has 122 valence electrons. The number of urea groups is 1. The quantitative estimate of drug-likeness (QED) is 0.725. The van der Waals surface area contributed by atoms with Gasteiger partial charge in [0.15, 0.2) is 0 Å². The molecule has 1 aliphatic carbocycles. The molecule has 0 saturated heterocycles. The number of benzene rings is 1. The van der Waals surface area contributed by atoms with E-state index in [9.17, 15) is 14.3 Å². The maximum absolute atomic E-state index is 13.3. The number of amides is 2. The maximum Gasteiger partial charge on any atom is 0.315 e. The second-order valence-corrected chi connectivity index (χ2v) is 6.63. The third kappa shape index (κ3) is 4.44. The van der Waals surface area contributed by atoms with Crippen LogP contribution in [-0.2, 0) is 5.41 Å². The van der Waals surface area contributed by atoms with Gasteiger partial charge in [0.25, 0.3) is 0 Å². The first-order valence-electron chi connectivity index (χ1n) is 7.86. The molecule has 1 saturated carbocycles. The van der Waals surface area contributed by atoms with Crippen molar-refractivity contribution in [1.82, 2.24) is 10.6 Å². The van der Waals surface area contributed by atoms with Crippen molar-refractivity contribution in [2.24, 2.45) is 5.92 Å². The largest absolute Gasteiger partial charge is 0.394 e. The van der Waals surface area contributed by atoms with Gasteiger partial charge in [-0.1, -0.05) is 26.0 Å². The summed E-state index contributed by atoms with van der Waals surface area (Å²) in [5, 5.41) is 14.9. The Morgan fingerprint density at radius 1 is 1.41 bits per heavy atom. The highest BCUT2D eigenvalue weighted by Gasteiger charge is 2.44. The number of carbonyl (C=O) groups is 1. The lowest BCUT2D eigenvalue weighted by atomic mass is 9.96. The minimum atomic E-state index is -0.276. The van der Waals surface area contributed by atoms with Gasteiger partial charge < -0.3 is 15.7 Å². The first kappa shape index (κ1) is 16.7. The van der Waals surface area contributed by atoms with E-state index < -0.39 is 0 Å². The predicted octanol–water partition coefficient (Wildman–Crippen LogP) is 2.56. The van der Waals surface area contributed by atoms with Crippen molar-refractivity contribution in [3.63, 3.8) is 0 Å². The van der Waals surface area contributed by atoms with E-state index in [1.54, 1.807) is 12.1 Å². The molecular formula is C17H25FN2O2. The van der Waals surface area contributed by atoms with Gasteiger partial charge in [0.2, 0.25) is 0 Å². The van der Waals surface area contributed by atoms with Crippen molar-refractivity contribution in [3.8, 4) is 0 Å². The molecule has 0 heterocycles. The van der Waals surface area contributed by atoms with Crippen LogP contribution < -0.4 is 10.6 Å². The highest BCUT2D eigenvalue weighted by atomic mass is 19.1. The number of aliphatic hydroxyl groups excluding tert-OH is 1. The Bertz CT molecular complexity index is 515. The highest BCUT2D eigenvalue weighted by Crippen LogP contribution is 2.47. The van der Waals surface area contributed by atoms with Gasteiger partial charge in [-0.3, -0.25) is 0 Å². The summed E-state index contributed by atoms with van der Waals surface area (Å²) in [5.74, 6) is 0.157. The second-order valence-electron chi connectivity index (χ2n) is 6.63. The Morgan fingerprint density at radius 3 is 2.68 bits per heavy atom. The number of nitrogens with one attached hydrogen (secondary N) is 2. The number of aliphatic hydroxyl groups is 1. The van der Waals surface area contributed by atoms with E-state index in [4.69, 9.17) is 0 Å². The van der Waals surface area contributed by atoms with Crippen molar-refractivity contribution in [2.75, 3.05) is 13.2 Å². The van der Waals surface area contributed by atoms with E-state index in [-0.39, 0.29) is 29.9 Å². The summed E-state index contributed by atoms with van der Waals surface area (Å²) in [4.78, 5) is 12.0. The molecule has 0 aromatic heterocycles. The molecule has 0 spiro atoms. The summed E-state index contributed by atoms with van der Waals surface area (Å²) in [6, 6.07) is 6.08. The van der Waals surface area contributed by atoms with Crippen LogP contribution in [0.3, 0.4) is 0 Å². The molecule has 2 amide bonds. The van der Waals surface area contributed by atoms with Crippen molar-refractivity contribution >= 4 is 6.03 Å². The summed E-state index contributed by atoms with van der Waals surface area (Å²) in [7, 11) is 0. The van der Waals surface area contributed by atoms with Crippen LogP contribution in [0.2, 0.25) is 0 Å². The van der Waals surface area contributed by atoms with Crippen LogP contribution >= 0.6 is 0 Å². The third-order valence-corrected chi connectivity index (χ3v) is 4.19. The molecule has 1 atom stereocenters. The zero-order valence-electron chi connectivity index (χ0n) is 13.2. The molecule has 5 heteroatoms. The van der Waals surface area contributed by atoms with E-state index >= 15 is 0 Å². The zero-order valence-corrected chi connectivity index (χ0v) is 13.2. The average molecular weight is 308 g/mol. The first-order valence-corrected chi connectivity index (χ1v) is 7.86. The normalized spacial score (nSPS) is 17.1. The lowest BCUT2D eigenvalue weighted by Crippen LogP contribution is -2.46. The number of hydrogen-bond acceptors (Lipinski definition) is 2. The minimum absolute atomic E-state index is 0.0688. The summed E-state index contributed by atoms with van der Waals surface area (Å²) in [6.45, 7) is 4.51. The number of hydrogen-bond donors (Lipinski definition) is 3. The van der Waals surface area contributed by atoms with Crippen LogP contribution in [0.15, 0.2) is 24.3 Å². The number of halogens is 1. The van der Waals surface area contributed by atoms with Gasteiger partial charge in [0.05, 0.1) is 12.6 Å². The minimum Gasteiger partial charge on any atom is -0.394 e. The lowest BCUT2D eigenvalue weighted by Gasteiger charge is -2.21. The SMILES string of the molecule is CC(C)CC(CO)NC(=O)NCC1(c2cccc(F)c2)CC1. The van der Waals surface area contributed by atoms with Crippen molar-refractivity contribution in [3.05, 3.63) is 35.6 Å². The summed E-state index contributed by atoms with van der Waals surface area (Å²) < 4.78 is 13.3. The van der Waals surface area contributed by atoms with Crippen LogP contribution in [0.5, 0.6) is 0 Å². The fourth-order valence-corrected chi connectivity index (χ4v) is 2.77. The molecule has 4 nitrogen and oxygen atoms in total. The Morgan fingerprint density at radius 2 is 2.14 bits per heavy atom. The Hall–Kier alpha value is -1.62. The van der Waals surface area contributed by atoms with Crippen molar-refractivity contribution in [1.29, 1.82) is 0 Å². The van der Waals surface area contributed by atoms with E-state index in [1.807, 2.05) is 19.9 Å². The van der Waals surface area contributed by atoms with Crippen LogP contribution in [0.25, 0.3) is 0 Å². The predicted molar refractivity (Wildman–Crippen MR) is 84.2 cm³/mol. The zero-order chi connectivity index (χ0) is 16.2. The molecule has 1 fully saturated rings. The van der Waals surface area contributed by atoms with Crippen LogP contribution in [-0.4, -0.2) is 30.3 Å². The van der Waals surface area contributed by atoms with E-state index in [0.29, 0.717) is 12.5 Å². The molecule has 1 unspecified atom stereocenters. The molecule has 1 aromatic rings. The molecule has 22 heavy (non-hydrogen) atoms. The Balaban J connectivity index is 1.86. The lowest BCUT2D eigenvalue weighted by molar-refractivity contribution is 0.206. The summed E-state index contributed by atoms with van der Waals surface area (Å²) in [5.41, 5.74) is 0.806. The Kier molecular flexibility index (Phi) is 5.40. The van der Waals surface area contributed by atoms with Gasteiger partial charge in [-0.15, -0.1) is 0 Å². The van der Waals surface area contributed by atoms with Gasteiger partial charge >= 0.3 is 6.03 Å². The van der Waals surface area contributed by atoms with Gasteiger partial charge in [0, 0.05) is 12.0 Å². The fraction of sp³-hybridized carbons (Fsp3) is 0.588. The monoisotopic (exact) mass is 308 g/mol. The van der Waals surface area contributed by atoms with Crippen LogP contribution in [0, 0.1) is 11.7 Å². The number of rotatable bonds is 7. The van der Waals surface area contributed by atoms with Gasteiger partial charge in [-0.2, -0.15) is 0 Å². The first-order chi connectivity index (χ1) is 10.4. The fourth-order valence-electron chi connectivity index (χ4n) is 2.77. The molecular weight excluding hydrogens is 283 g/mol. The molecule has 1 aliphatic rings. The second kappa shape index (κ2) is 7.09. The standard InChI is InChI=1S/C17H25FN2O2/c1-12(2)8-15(10-21)20-16(22)19-11-17(6-7-17)13-4-3-5-14(18)9-13/h3-5,9,12,15,21H,6-8,10-11H2,1-2H3,(H2,19,20,22). The van der Waals surface area contributed by atoms with Gasteiger partial charge in [-0.05, 0) is 42.9 Å². The van der Waals surface area contributed by atoms with Gasteiger partial charge in [0.1, 0.15) is 5.82 Å². The average Bonchev–Trinajstić information content (AvgIpc) is 3.25. The molecule has 2 rings (SSSR count). The smallest absolute Gasteiger partial charge is 0.315 e. The topological polar surface area (TPSA) is 61.4 Å². The maximum atomic E-state index is 13.3. The van der Waals surface area contributed by atoms with E-state index in [0.717, 1.165) is 24.8 Å². The number of carbonyl (C=O) groups excluding carboxylic acids is 1. The molecule has 3 N–H and O–H groups in total. The van der Waals surface area contributed by atoms with E-state index in [2.05, 4.69) is 10.6 Å². The molecule has 0 radical (unpaired) electrons. The third-order valence-electron chi connectivity index (χ3n) is 4.19. The molecule has 0 aliphatic heterocycles. The van der Waals surface area contributed by atoms with Gasteiger partial charge in [-0.25, -0.2) is 9.18 Å². The van der Waals surface area contributed by atoms with E-state index in [1.165, 1.54) is 6.07 Å². The molecule has 0 bridgehead atoms. The van der Waals surface area contributed by atoms with Crippen molar-refractivity contribution < 1.29 is 14.3 Å². The van der Waals surface area contributed by atoms with Crippen molar-refractivity contribution in [2.45, 2.75) is 44.6 Å². The summed E-state index contributed by atoms with van der Waals surface area (Å²) >= 11 is 0. The molecule has 1 aromatic carbocycles. The van der Waals surface area contributed by atoms with Crippen LogP contribution in [0.1, 0.15) is 38.7 Å². The highest BCUT2D eigenvalue weighted by molar-refractivity contribution is 5.74.